The highest BCUT2D eigenvalue weighted by atomic mass is 32.2. The number of hydrazine groups is 1. The van der Waals surface area contributed by atoms with Crippen LogP contribution in [0.4, 0.5) is 5.69 Å². The third kappa shape index (κ3) is 5.15. The van der Waals surface area contributed by atoms with Crippen LogP contribution in [0.15, 0.2) is 29.2 Å². The average molecular weight is 307 g/mol. The Morgan fingerprint density at radius 2 is 1.79 bits per heavy atom. The number of anilines is 1. The summed E-state index contributed by atoms with van der Waals surface area (Å²) in [4.78, 5) is 0.0249. The van der Waals surface area contributed by atoms with E-state index in [4.69, 9.17) is 5.84 Å². The molecule has 0 atom stereocenters. The second-order valence-electron chi connectivity index (χ2n) is 4.02. The summed E-state index contributed by atoms with van der Waals surface area (Å²) in [6.45, 7) is 0.0499. The number of hydrogen-bond acceptors (Lipinski definition) is 6. The zero-order valence-corrected chi connectivity index (χ0v) is 12.1. The largest absolute Gasteiger partial charge is 0.323 e. The van der Waals surface area contributed by atoms with Gasteiger partial charge >= 0.3 is 0 Å². The Labute approximate surface area is 113 Å². The van der Waals surface area contributed by atoms with E-state index in [1.165, 1.54) is 12.1 Å². The van der Waals surface area contributed by atoms with E-state index in [2.05, 4.69) is 10.1 Å². The van der Waals surface area contributed by atoms with Crippen molar-refractivity contribution < 1.29 is 16.8 Å². The first kappa shape index (κ1) is 15.9. The van der Waals surface area contributed by atoms with Gasteiger partial charge in [0.25, 0.3) is 0 Å². The van der Waals surface area contributed by atoms with Gasteiger partial charge < -0.3 is 5.43 Å². The van der Waals surface area contributed by atoms with Crippen molar-refractivity contribution in [2.75, 3.05) is 24.0 Å². The SMILES string of the molecule is CS(=O)(=O)CCCNS(=O)(=O)c1ccccc1NN. The minimum absolute atomic E-state index is 0.0249. The molecule has 4 N–H and O–H groups in total. The van der Waals surface area contributed by atoms with Gasteiger partial charge in [-0.25, -0.2) is 21.6 Å². The molecule has 0 aliphatic rings. The van der Waals surface area contributed by atoms with Gasteiger partial charge in [-0.1, -0.05) is 12.1 Å². The fourth-order valence-electron chi connectivity index (χ4n) is 1.44. The van der Waals surface area contributed by atoms with E-state index in [1.807, 2.05) is 0 Å². The van der Waals surface area contributed by atoms with Crippen LogP contribution in [-0.2, 0) is 19.9 Å². The van der Waals surface area contributed by atoms with Crippen LogP contribution in [0.5, 0.6) is 0 Å². The first-order valence-electron chi connectivity index (χ1n) is 5.49. The van der Waals surface area contributed by atoms with Crippen LogP contribution in [0, 0.1) is 0 Å². The van der Waals surface area contributed by atoms with Crippen molar-refractivity contribution in [1.29, 1.82) is 0 Å². The predicted octanol–water partition coefficient (Wildman–Crippen LogP) is -0.315. The number of nitrogens with two attached hydrogens (primary N) is 1. The molecule has 7 nitrogen and oxygen atoms in total. The Balaban J connectivity index is 2.71. The van der Waals surface area contributed by atoms with Gasteiger partial charge in [-0.3, -0.25) is 5.84 Å². The quantitative estimate of drug-likeness (QED) is 0.361. The maximum Gasteiger partial charge on any atom is 0.242 e. The number of sulfonamides is 1. The van der Waals surface area contributed by atoms with Gasteiger partial charge in [0.2, 0.25) is 10.0 Å². The number of sulfone groups is 1. The topological polar surface area (TPSA) is 118 Å². The van der Waals surface area contributed by atoms with Crippen molar-refractivity contribution in [2.24, 2.45) is 5.84 Å². The lowest BCUT2D eigenvalue weighted by Crippen LogP contribution is -2.27. The Bertz CT molecular complexity index is 626. The van der Waals surface area contributed by atoms with Gasteiger partial charge in [-0.15, -0.1) is 0 Å². The molecule has 0 fully saturated rings. The van der Waals surface area contributed by atoms with Crippen LogP contribution in [0.3, 0.4) is 0 Å². The van der Waals surface area contributed by atoms with E-state index >= 15 is 0 Å². The molecular formula is C10H17N3O4S2. The monoisotopic (exact) mass is 307 g/mol. The van der Waals surface area contributed by atoms with E-state index in [-0.39, 0.29) is 29.3 Å². The van der Waals surface area contributed by atoms with Gasteiger partial charge in [0.05, 0.1) is 11.4 Å². The standard InChI is InChI=1S/C10H17N3O4S2/c1-18(14,15)8-4-7-12-19(16,17)10-6-3-2-5-9(10)13-11/h2-3,5-6,12-13H,4,7-8,11H2,1H3. The van der Waals surface area contributed by atoms with Crippen LogP contribution in [0.25, 0.3) is 0 Å². The minimum atomic E-state index is -3.71. The van der Waals surface area contributed by atoms with Gasteiger partial charge in [-0.2, -0.15) is 0 Å². The molecule has 0 aromatic heterocycles. The number of nitrogens with one attached hydrogen (secondary N) is 2. The van der Waals surface area contributed by atoms with Gasteiger partial charge in [0, 0.05) is 12.8 Å². The second-order valence-corrected chi connectivity index (χ2v) is 8.02. The summed E-state index contributed by atoms with van der Waals surface area (Å²) in [5.41, 5.74) is 2.58. The maximum absolute atomic E-state index is 12.0. The zero-order chi connectivity index (χ0) is 14.5. The van der Waals surface area contributed by atoms with Crippen molar-refractivity contribution in [1.82, 2.24) is 4.72 Å². The third-order valence-corrected chi connectivity index (χ3v) is 4.87. The van der Waals surface area contributed by atoms with Gasteiger partial charge in [-0.05, 0) is 18.6 Å². The molecule has 0 unspecified atom stereocenters. The summed E-state index contributed by atoms with van der Waals surface area (Å²) in [5.74, 6) is 5.17. The first-order valence-corrected chi connectivity index (χ1v) is 9.04. The Morgan fingerprint density at radius 1 is 1.16 bits per heavy atom. The molecule has 0 saturated heterocycles. The van der Waals surface area contributed by atoms with Crippen LogP contribution in [0.2, 0.25) is 0 Å². The molecule has 0 aliphatic carbocycles. The van der Waals surface area contributed by atoms with Crippen LogP contribution < -0.4 is 16.0 Å². The summed E-state index contributed by atoms with van der Waals surface area (Å²) in [7, 11) is -6.79. The lowest BCUT2D eigenvalue weighted by atomic mass is 10.3. The average Bonchev–Trinajstić information content (AvgIpc) is 2.33. The highest BCUT2D eigenvalue weighted by Gasteiger charge is 2.17. The molecule has 1 aromatic rings. The van der Waals surface area contributed by atoms with E-state index in [0.717, 1.165) is 6.26 Å². The van der Waals surface area contributed by atoms with Gasteiger partial charge in [0.1, 0.15) is 14.7 Å². The normalized spacial score (nSPS) is 12.3. The lowest BCUT2D eigenvalue weighted by molar-refractivity contribution is 0.577. The van der Waals surface area contributed by atoms with Crippen LogP contribution in [0.1, 0.15) is 6.42 Å². The number of para-hydroxylation sites is 1. The maximum atomic E-state index is 12.0. The predicted molar refractivity (Wildman–Crippen MR) is 73.8 cm³/mol. The van der Waals surface area contributed by atoms with E-state index in [9.17, 15) is 16.8 Å². The van der Waals surface area contributed by atoms with Crippen LogP contribution >= 0.6 is 0 Å². The molecule has 9 heteroatoms. The smallest absolute Gasteiger partial charge is 0.242 e. The Kier molecular flexibility index (Phi) is 5.29. The lowest BCUT2D eigenvalue weighted by Gasteiger charge is -2.10. The summed E-state index contributed by atoms with van der Waals surface area (Å²) < 4.78 is 48.1. The molecule has 108 valence electrons. The van der Waals surface area contributed by atoms with E-state index < -0.39 is 19.9 Å². The molecular weight excluding hydrogens is 290 g/mol. The zero-order valence-electron chi connectivity index (χ0n) is 10.5. The van der Waals surface area contributed by atoms with E-state index in [1.54, 1.807) is 12.1 Å². The van der Waals surface area contributed by atoms with Crippen molar-refractivity contribution in [3.05, 3.63) is 24.3 Å². The molecule has 0 amide bonds. The molecule has 1 rings (SSSR count). The Morgan fingerprint density at radius 3 is 2.37 bits per heavy atom. The number of hydrogen-bond donors (Lipinski definition) is 3. The van der Waals surface area contributed by atoms with Crippen molar-refractivity contribution in [3.63, 3.8) is 0 Å². The van der Waals surface area contributed by atoms with Crippen molar-refractivity contribution in [2.45, 2.75) is 11.3 Å². The summed E-state index contributed by atoms with van der Waals surface area (Å²) in [6, 6.07) is 6.17. The fraction of sp³-hybridized carbons (Fsp3) is 0.400. The van der Waals surface area contributed by atoms with Crippen molar-refractivity contribution in [3.8, 4) is 0 Å². The van der Waals surface area contributed by atoms with E-state index in [0.29, 0.717) is 0 Å². The fourth-order valence-corrected chi connectivity index (χ4v) is 3.35. The molecule has 0 aliphatic heterocycles. The third-order valence-electron chi connectivity index (χ3n) is 2.32. The number of benzene rings is 1. The molecule has 0 bridgehead atoms. The molecule has 0 radical (unpaired) electrons. The Hall–Kier alpha value is -1.16. The highest BCUT2D eigenvalue weighted by molar-refractivity contribution is 7.90. The second kappa shape index (κ2) is 6.33. The minimum Gasteiger partial charge on any atom is -0.323 e. The molecule has 19 heavy (non-hydrogen) atoms. The van der Waals surface area contributed by atoms with Crippen LogP contribution in [-0.4, -0.2) is 35.4 Å². The molecule has 1 aromatic carbocycles. The molecule has 0 spiro atoms. The van der Waals surface area contributed by atoms with Crippen molar-refractivity contribution >= 4 is 25.5 Å². The highest BCUT2D eigenvalue weighted by Crippen LogP contribution is 2.19. The summed E-state index contributed by atoms with van der Waals surface area (Å²) in [5, 5.41) is 0. The molecule has 0 saturated carbocycles. The summed E-state index contributed by atoms with van der Waals surface area (Å²) in [6.07, 6.45) is 1.32. The first-order chi connectivity index (χ1) is 8.76. The molecule has 0 heterocycles. The number of nitrogen functional groups attached to an aromatic ring is 1. The number of rotatable bonds is 7. The summed E-state index contributed by atoms with van der Waals surface area (Å²) >= 11 is 0. The van der Waals surface area contributed by atoms with Gasteiger partial charge in [0.15, 0.2) is 0 Å².